The highest BCUT2D eigenvalue weighted by molar-refractivity contribution is 6.30. The Balaban J connectivity index is 1.15. The maximum absolute atomic E-state index is 13.6. The van der Waals surface area contributed by atoms with Gasteiger partial charge in [-0.1, -0.05) is 24.6 Å². The van der Waals surface area contributed by atoms with Gasteiger partial charge in [0.05, 0.1) is 17.3 Å². The Morgan fingerprint density at radius 3 is 2.63 bits per heavy atom. The fourth-order valence-electron chi connectivity index (χ4n) is 7.01. The molecule has 3 aromatic rings. The van der Waals surface area contributed by atoms with Crippen LogP contribution in [0.4, 0.5) is 9.18 Å². The first kappa shape index (κ1) is 27.4. The van der Waals surface area contributed by atoms with Crippen molar-refractivity contribution in [2.75, 3.05) is 0 Å². The zero-order valence-electron chi connectivity index (χ0n) is 22.3. The van der Waals surface area contributed by atoms with E-state index >= 15 is 0 Å². The second-order valence-corrected chi connectivity index (χ2v) is 11.6. The average molecular weight is 584 g/mol. The molecule has 11 nitrogen and oxygen atoms in total. The summed E-state index contributed by atoms with van der Waals surface area (Å²) in [5, 5.41) is 25.8. The first-order valence-electron chi connectivity index (χ1n) is 13.8. The number of rotatable bonds is 6. The van der Waals surface area contributed by atoms with Crippen molar-refractivity contribution in [3.05, 3.63) is 64.3 Å². The number of hydrogen-bond donors (Lipinski definition) is 5. The van der Waals surface area contributed by atoms with Gasteiger partial charge in [-0.2, -0.15) is 5.10 Å². The van der Waals surface area contributed by atoms with Gasteiger partial charge in [0.1, 0.15) is 23.4 Å². The van der Waals surface area contributed by atoms with Gasteiger partial charge in [0.25, 0.3) is 11.8 Å². The van der Waals surface area contributed by atoms with E-state index in [4.69, 9.17) is 11.6 Å². The maximum Gasteiger partial charge on any atom is 0.317 e. The molecule has 0 radical (unpaired) electrons. The molecule has 3 aliphatic rings. The predicted molar refractivity (Wildman–Crippen MR) is 146 cm³/mol. The van der Waals surface area contributed by atoms with Crippen molar-refractivity contribution in [1.82, 2.24) is 35.9 Å². The van der Waals surface area contributed by atoms with Crippen LogP contribution in [0.1, 0.15) is 59.1 Å². The Morgan fingerprint density at radius 1 is 1.10 bits per heavy atom. The van der Waals surface area contributed by atoms with Crippen molar-refractivity contribution in [2.45, 2.75) is 57.5 Å². The van der Waals surface area contributed by atoms with Crippen molar-refractivity contribution < 1.29 is 23.9 Å². The van der Waals surface area contributed by atoms with E-state index in [1.807, 2.05) is 0 Å². The molecule has 1 saturated heterocycles. The number of carbonyl (C=O) groups excluding carboxylic acids is 3. The number of fused-ring (bicyclic) bond motifs is 2. The molecular formula is C28H31ClFN7O4. The van der Waals surface area contributed by atoms with Gasteiger partial charge >= 0.3 is 6.03 Å². The molecule has 2 aromatic heterocycles. The molecule has 13 heteroatoms. The van der Waals surface area contributed by atoms with E-state index < -0.39 is 18.0 Å². The molecule has 5 N–H and O–H groups in total. The molecule has 0 bridgehead atoms. The molecule has 0 spiro atoms. The number of aromatic nitrogens is 3. The number of aliphatic hydroxyl groups is 1. The number of nitrogens with one attached hydrogen (secondary N) is 4. The summed E-state index contributed by atoms with van der Waals surface area (Å²) in [6.45, 7) is 2.28. The number of urea groups is 1. The van der Waals surface area contributed by atoms with Crippen LogP contribution >= 0.6 is 11.6 Å². The third kappa shape index (κ3) is 5.21. The molecule has 2 saturated carbocycles. The van der Waals surface area contributed by atoms with Crippen molar-refractivity contribution in [3.8, 4) is 0 Å². The molecule has 216 valence electrons. The Morgan fingerprint density at radius 2 is 1.88 bits per heavy atom. The molecule has 2 aliphatic carbocycles. The number of halogens is 2. The van der Waals surface area contributed by atoms with Gasteiger partial charge in [-0.05, 0) is 67.1 Å². The third-order valence-corrected chi connectivity index (χ3v) is 9.31. The van der Waals surface area contributed by atoms with Crippen molar-refractivity contribution in [3.63, 3.8) is 0 Å². The van der Waals surface area contributed by atoms with Gasteiger partial charge in [-0.15, -0.1) is 0 Å². The molecule has 6 rings (SSSR count). The number of nitrogens with zero attached hydrogens (tertiary/aromatic N) is 3. The largest absolute Gasteiger partial charge is 0.371 e. The standard InChI is InChI=1S/C28H31ClFN7O4/c1-13-15-5-7-20(17(15)4-3-16(13)24-27(40)36-28(41)35-24)34-26(39)22-11-21(33-23-8-9-32-37(22)23)25(38)31-12-14-2-6-19(30)18(29)10-14/h2,6,8-11,13,15-17,20,24,27,40H,3-5,7,12H2,1H3,(H,31,38)(H,34,39)(H2,35,36,41)/t13?,15?,16?,17-,20+,24?,27?/m1/s1. The third-order valence-electron chi connectivity index (χ3n) is 9.02. The molecule has 3 heterocycles. The zero-order chi connectivity index (χ0) is 28.8. The maximum atomic E-state index is 13.6. The highest BCUT2D eigenvalue weighted by Gasteiger charge is 2.49. The van der Waals surface area contributed by atoms with Crippen LogP contribution in [0.15, 0.2) is 36.5 Å². The topological polar surface area (TPSA) is 150 Å². The molecule has 1 aliphatic heterocycles. The van der Waals surface area contributed by atoms with E-state index in [1.54, 1.807) is 6.07 Å². The fraction of sp³-hybridized carbons (Fsp3) is 0.464. The zero-order valence-corrected chi connectivity index (χ0v) is 23.1. The van der Waals surface area contributed by atoms with Gasteiger partial charge < -0.3 is 26.4 Å². The first-order valence-corrected chi connectivity index (χ1v) is 14.2. The lowest BCUT2D eigenvalue weighted by Crippen LogP contribution is -2.49. The van der Waals surface area contributed by atoms with Crippen LogP contribution < -0.4 is 21.3 Å². The van der Waals surface area contributed by atoms with Crippen molar-refractivity contribution in [2.24, 2.45) is 23.7 Å². The lowest BCUT2D eigenvalue weighted by Gasteiger charge is -2.42. The summed E-state index contributed by atoms with van der Waals surface area (Å²) in [4.78, 5) is 42.6. The summed E-state index contributed by atoms with van der Waals surface area (Å²) >= 11 is 5.84. The lowest BCUT2D eigenvalue weighted by atomic mass is 9.65. The average Bonchev–Trinajstić information content (AvgIpc) is 3.67. The van der Waals surface area contributed by atoms with Crippen LogP contribution in [-0.4, -0.2) is 55.9 Å². The molecule has 3 fully saturated rings. The smallest absolute Gasteiger partial charge is 0.317 e. The molecule has 4 amide bonds. The van der Waals surface area contributed by atoms with E-state index in [0.717, 1.165) is 25.7 Å². The van der Waals surface area contributed by atoms with Gasteiger partial charge in [-0.25, -0.2) is 18.7 Å². The van der Waals surface area contributed by atoms with E-state index in [2.05, 4.69) is 38.3 Å². The summed E-state index contributed by atoms with van der Waals surface area (Å²) in [5.74, 6) is -0.341. The minimum absolute atomic E-state index is 0.0357. The van der Waals surface area contributed by atoms with E-state index in [9.17, 15) is 23.9 Å². The first-order chi connectivity index (χ1) is 19.7. The number of benzene rings is 1. The number of amides is 4. The fourth-order valence-corrected chi connectivity index (χ4v) is 7.21. The Labute approximate surface area is 240 Å². The van der Waals surface area contributed by atoms with Gasteiger partial charge in [0, 0.05) is 24.7 Å². The summed E-state index contributed by atoms with van der Waals surface area (Å²) in [7, 11) is 0. The van der Waals surface area contributed by atoms with Gasteiger partial charge in [0.2, 0.25) is 0 Å². The van der Waals surface area contributed by atoms with Crippen LogP contribution in [0.2, 0.25) is 5.02 Å². The molecule has 1 aromatic carbocycles. The van der Waals surface area contributed by atoms with Gasteiger partial charge in [0.15, 0.2) is 5.65 Å². The molecule has 41 heavy (non-hydrogen) atoms. The Bertz CT molecular complexity index is 1520. The van der Waals surface area contributed by atoms with Crippen LogP contribution in [0.25, 0.3) is 5.65 Å². The van der Waals surface area contributed by atoms with E-state index in [1.165, 1.54) is 35.0 Å². The molecular weight excluding hydrogens is 553 g/mol. The van der Waals surface area contributed by atoms with Crippen molar-refractivity contribution >= 4 is 35.1 Å². The van der Waals surface area contributed by atoms with Crippen LogP contribution in [0.5, 0.6) is 0 Å². The lowest BCUT2D eigenvalue weighted by molar-refractivity contribution is 0.0400. The van der Waals surface area contributed by atoms with E-state index in [-0.39, 0.29) is 64.7 Å². The summed E-state index contributed by atoms with van der Waals surface area (Å²) in [6, 6.07) is 6.53. The second kappa shape index (κ2) is 10.9. The van der Waals surface area contributed by atoms with Crippen LogP contribution in [0, 0.1) is 29.5 Å². The normalized spacial score (nSPS) is 29.1. The molecule has 5 unspecified atom stereocenters. The second-order valence-electron chi connectivity index (χ2n) is 11.2. The van der Waals surface area contributed by atoms with Crippen LogP contribution in [-0.2, 0) is 6.54 Å². The minimum atomic E-state index is -0.897. The summed E-state index contributed by atoms with van der Waals surface area (Å²) in [5.41, 5.74) is 1.23. The minimum Gasteiger partial charge on any atom is -0.371 e. The predicted octanol–water partition coefficient (Wildman–Crippen LogP) is 2.62. The quantitative estimate of drug-likeness (QED) is 0.301. The Kier molecular flexibility index (Phi) is 7.28. The van der Waals surface area contributed by atoms with Gasteiger partial charge in [-0.3, -0.25) is 9.59 Å². The number of carbonyl (C=O) groups is 3. The van der Waals surface area contributed by atoms with E-state index in [0.29, 0.717) is 17.1 Å². The number of aliphatic hydroxyl groups excluding tert-OH is 1. The monoisotopic (exact) mass is 583 g/mol. The summed E-state index contributed by atoms with van der Waals surface area (Å²) in [6.07, 6.45) is 4.08. The van der Waals surface area contributed by atoms with Crippen LogP contribution in [0.3, 0.4) is 0 Å². The SMILES string of the molecule is CC1C(C2NC(=O)NC2O)CC[C@@H]2C1CC[C@@H]2NC(=O)c1cc(C(=O)NCc2ccc(F)c(Cl)c2)nc2ccnn12. The summed E-state index contributed by atoms with van der Waals surface area (Å²) < 4.78 is 14.9. The van der Waals surface area contributed by atoms with Crippen molar-refractivity contribution in [1.29, 1.82) is 0 Å². The Hall–Kier alpha value is -3.77. The molecule has 7 atom stereocenters. The highest BCUT2D eigenvalue weighted by Crippen LogP contribution is 2.49. The highest BCUT2D eigenvalue weighted by atomic mass is 35.5. The number of hydrogen-bond acceptors (Lipinski definition) is 6.